The summed E-state index contributed by atoms with van der Waals surface area (Å²) in [6.07, 6.45) is 5.27. The smallest absolute Gasteiger partial charge is 0.244 e. The van der Waals surface area contributed by atoms with E-state index in [-0.39, 0.29) is 10.8 Å². The van der Waals surface area contributed by atoms with Crippen molar-refractivity contribution in [2.45, 2.75) is 17.7 Å². The van der Waals surface area contributed by atoms with Gasteiger partial charge in [-0.15, -0.1) is 0 Å². The first-order valence-corrected chi connectivity index (χ1v) is 9.97. The summed E-state index contributed by atoms with van der Waals surface area (Å²) in [6.45, 7) is 1.15. The van der Waals surface area contributed by atoms with Crippen LogP contribution in [0.1, 0.15) is 12.8 Å². The fourth-order valence-corrected chi connectivity index (χ4v) is 4.24. The molecule has 2 heterocycles. The van der Waals surface area contributed by atoms with Gasteiger partial charge in [-0.05, 0) is 30.9 Å². The van der Waals surface area contributed by atoms with Crippen LogP contribution in [0.5, 0.6) is 0 Å². The van der Waals surface area contributed by atoms with E-state index in [0.29, 0.717) is 32.5 Å². The molecule has 1 aliphatic rings. The number of hydrogen-bond acceptors (Lipinski definition) is 5. The van der Waals surface area contributed by atoms with E-state index in [9.17, 15) is 16.8 Å². The first-order chi connectivity index (χ1) is 9.79. The van der Waals surface area contributed by atoms with Gasteiger partial charge in [0.25, 0.3) is 0 Å². The SMILES string of the molecule is CS(=O)(=O)NCC1CCN(S(=O)(=O)c2cccnc2)CC1. The second-order valence-corrected chi connectivity index (χ2v) is 8.93. The highest BCUT2D eigenvalue weighted by molar-refractivity contribution is 7.89. The molecular formula is C12H19N3O4S2. The Morgan fingerprint density at radius 2 is 1.95 bits per heavy atom. The van der Waals surface area contributed by atoms with Crippen LogP contribution in [0.4, 0.5) is 0 Å². The van der Waals surface area contributed by atoms with E-state index < -0.39 is 20.0 Å². The zero-order chi connectivity index (χ0) is 15.5. The first kappa shape index (κ1) is 16.3. The fourth-order valence-electron chi connectivity index (χ4n) is 2.27. The number of rotatable bonds is 5. The van der Waals surface area contributed by atoms with E-state index in [0.717, 1.165) is 6.26 Å². The van der Waals surface area contributed by atoms with Crippen LogP contribution in [-0.4, -0.2) is 52.0 Å². The minimum absolute atomic E-state index is 0.167. The lowest BCUT2D eigenvalue weighted by atomic mass is 9.99. The molecule has 2 rings (SSSR count). The zero-order valence-corrected chi connectivity index (χ0v) is 13.4. The topological polar surface area (TPSA) is 96.4 Å². The number of nitrogens with one attached hydrogen (secondary N) is 1. The summed E-state index contributed by atoms with van der Waals surface area (Å²) in [5.74, 6) is 0.167. The maximum Gasteiger partial charge on any atom is 0.244 e. The molecule has 1 aromatic heterocycles. The van der Waals surface area contributed by atoms with Crippen molar-refractivity contribution in [3.8, 4) is 0 Å². The Kier molecular flexibility index (Phi) is 4.97. The van der Waals surface area contributed by atoms with E-state index >= 15 is 0 Å². The van der Waals surface area contributed by atoms with Crippen molar-refractivity contribution in [2.24, 2.45) is 5.92 Å². The van der Waals surface area contributed by atoms with Crippen LogP contribution in [0.15, 0.2) is 29.4 Å². The van der Waals surface area contributed by atoms with Gasteiger partial charge in [-0.3, -0.25) is 4.98 Å². The third-order valence-electron chi connectivity index (χ3n) is 3.48. The van der Waals surface area contributed by atoms with Crippen molar-refractivity contribution in [3.05, 3.63) is 24.5 Å². The molecule has 0 atom stereocenters. The Balaban J connectivity index is 1.95. The molecule has 0 radical (unpaired) electrons. The summed E-state index contributed by atoms with van der Waals surface area (Å²) in [4.78, 5) is 4.03. The highest BCUT2D eigenvalue weighted by atomic mass is 32.2. The second kappa shape index (κ2) is 6.39. The van der Waals surface area contributed by atoms with Gasteiger partial charge in [-0.25, -0.2) is 21.6 Å². The van der Waals surface area contributed by atoms with Gasteiger partial charge < -0.3 is 0 Å². The third kappa shape index (κ3) is 4.47. The van der Waals surface area contributed by atoms with Crippen LogP contribution in [0.3, 0.4) is 0 Å². The molecule has 118 valence electrons. The molecule has 1 aliphatic heterocycles. The minimum atomic E-state index is -3.50. The van der Waals surface area contributed by atoms with Crippen molar-refractivity contribution in [1.82, 2.24) is 14.0 Å². The van der Waals surface area contributed by atoms with Crippen LogP contribution >= 0.6 is 0 Å². The average Bonchev–Trinajstić information content (AvgIpc) is 2.46. The molecule has 0 amide bonds. The minimum Gasteiger partial charge on any atom is -0.263 e. The Bertz CT molecular complexity index is 666. The Morgan fingerprint density at radius 3 is 2.48 bits per heavy atom. The van der Waals surface area contributed by atoms with E-state index in [2.05, 4.69) is 9.71 Å². The molecule has 0 aromatic carbocycles. The molecule has 7 nitrogen and oxygen atoms in total. The van der Waals surface area contributed by atoms with Crippen LogP contribution in [0.25, 0.3) is 0 Å². The first-order valence-electron chi connectivity index (χ1n) is 6.64. The van der Waals surface area contributed by atoms with E-state index in [1.165, 1.54) is 22.8 Å². The van der Waals surface area contributed by atoms with Crippen molar-refractivity contribution < 1.29 is 16.8 Å². The molecule has 1 N–H and O–H groups in total. The Labute approximate surface area is 125 Å². The average molecular weight is 333 g/mol. The number of nitrogens with zero attached hydrogens (tertiary/aromatic N) is 2. The molecule has 0 saturated carbocycles. The number of piperidine rings is 1. The summed E-state index contributed by atoms with van der Waals surface area (Å²) in [6, 6.07) is 3.12. The summed E-state index contributed by atoms with van der Waals surface area (Å²) < 4.78 is 50.8. The standard InChI is InChI=1S/C12H19N3O4S2/c1-20(16,17)14-9-11-4-7-15(8-5-11)21(18,19)12-3-2-6-13-10-12/h2-3,6,10-11,14H,4-5,7-9H2,1H3. The van der Waals surface area contributed by atoms with Crippen LogP contribution in [-0.2, 0) is 20.0 Å². The molecular weight excluding hydrogens is 314 g/mol. The zero-order valence-electron chi connectivity index (χ0n) is 11.8. The molecule has 0 aliphatic carbocycles. The quantitative estimate of drug-likeness (QED) is 0.820. The van der Waals surface area contributed by atoms with E-state index in [4.69, 9.17) is 0 Å². The normalized spacial score (nSPS) is 18.7. The predicted molar refractivity (Wildman–Crippen MR) is 78.6 cm³/mol. The third-order valence-corrected chi connectivity index (χ3v) is 6.05. The van der Waals surface area contributed by atoms with Gasteiger partial charge in [0.05, 0.1) is 6.26 Å². The van der Waals surface area contributed by atoms with E-state index in [1.807, 2.05) is 0 Å². The van der Waals surface area contributed by atoms with Crippen molar-refractivity contribution in [1.29, 1.82) is 0 Å². The van der Waals surface area contributed by atoms with Gasteiger partial charge in [0.1, 0.15) is 4.90 Å². The lowest BCUT2D eigenvalue weighted by Crippen LogP contribution is -2.41. The molecule has 0 spiro atoms. The summed E-state index contributed by atoms with van der Waals surface area (Å²) in [5, 5.41) is 0. The molecule has 0 bridgehead atoms. The lowest BCUT2D eigenvalue weighted by molar-refractivity contribution is 0.274. The number of hydrogen-bond donors (Lipinski definition) is 1. The van der Waals surface area contributed by atoms with Gasteiger partial charge >= 0.3 is 0 Å². The number of aromatic nitrogens is 1. The maximum atomic E-state index is 12.4. The maximum absolute atomic E-state index is 12.4. The van der Waals surface area contributed by atoms with Gasteiger partial charge in [-0.1, -0.05) is 0 Å². The summed E-state index contributed by atoms with van der Waals surface area (Å²) in [7, 11) is -6.70. The van der Waals surface area contributed by atoms with Crippen LogP contribution < -0.4 is 4.72 Å². The molecule has 1 fully saturated rings. The summed E-state index contributed by atoms with van der Waals surface area (Å²) in [5.41, 5.74) is 0. The number of pyridine rings is 1. The van der Waals surface area contributed by atoms with Crippen LogP contribution in [0.2, 0.25) is 0 Å². The van der Waals surface area contributed by atoms with Crippen LogP contribution in [0, 0.1) is 5.92 Å². The van der Waals surface area contributed by atoms with Crippen molar-refractivity contribution >= 4 is 20.0 Å². The molecule has 21 heavy (non-hydrogen) atoms. The fraction of sp³-hybridized carbons (Fsp3) is 0.583. The largest absolute Gasteiger partial charge is 0.263 e. The predicted octanol–water partition coefficient (Wildman–Crippen LogP) is 0.0315. The highest BCUT2D eigenvalue weighted by Gasteiger charge is 2.29. The highest BCUT2D eigenvalue weighted by Crippen LogP contribution is 2.23. The monoisotopic (exact) mass is 333 g/mol. The number of sulfonamides is 2. The van der Waals surface area contributed by atoms with Crippen molar-refractivity contribution in [2.75, 3.05) is 25.9 Å². The molecule has 1 aromatic rings. The van der Waals surface area contributed by atoms with E-state index in [1.54, 1.807) is 6.07 Å². The summed E-state index contributed by atoms with van der Waals surface area (Å²) >= 11 is 0. The van der Waals surface area contributed by atoms with Gasteiger partial charge in [-0.2, -0.15) is 4.31 Å². The molecule has 9 heteroatoms. The Hall–Kier alpha value is -1.03. The van der Waals surface area contributed by atoms with Crippen molar-refractivity contribution in [3.63, 3.8) is 0 Å². The molecule has 0 unspecified atom stereocenters. The van der Waals surface area contributed by atoms with Gasteiger partial charge in [0, 0.05) is 32.0 Å². The van der Waals surface area contributed by atoms with Gasteiger partial charge in [0.2, 0.25) is 20.0 Å². The molecule has 1 saturated heterocycles. The lowest BCUT2D eigenvalue weighted by Gasteiger charge is -2.31. The van der Waals surface area contributed by atoms with Gasteiger partial charge in [0.15, 0.2) is 0 Å². The Morgan fingerprint density at radius 1 is 1.29 bits per heavy atom. The second-order valence-electron chi connectivity index (χ2n) is 5.16.